The Hall–Kier alpha value is -2.46. The van der Waals surface area contributed by atoms with E-state index in [-0.39, 0.29) is 18.1 Å². The largest absolute Gasteiger partial charge is 0.493 e. The van der Waals surface area contributed by atoms with Crippen LogP contribution in [0.2, 0.25) is 25.7 Å². The van der Waals surface area contributed by atoms with E-state index < -0.39 is 19.8 Å². The van der Waals surface area contributed by atoms with Crippen LogP contribution >= 0.6 is 0 Å². The lowest BCUT2D eigenvalue weighted by atomic mass is 9.80. The summed E-state index contributed by atoms with van der Waals surface area (Å²) in [6.45, 7) is 19.3. The molecule has 9 nitrogen and oxygen atoms in total. The second kappa shape index (κ2) is 16.4. The molecule has 42 heavy (non-hydrogen) atoms. The van der Waals surface area contributed by atoms with Gasteiger partial charge in [-0.15, -0.1) is 0 Å². The van der Waals surface area contributed by atoms with Gasteiger partial charge >= 0.3 is 12.2 Å². The van der Waals surface area contributed by atoms with E-state index >= 15 is 0 Å². The van der Waals surface area contributed by atoms with E-state index in [1.165, 1.54) is 0 Å². The van der Waals surface area contributed by atoms with Gasteiger partial charge in [0.15, 0.2) is 11.5 Å². The second-order valence-electron chi connectivity index (χ2n) is 14.0. The molecule has 1 fully saturated rings. The van der Waals surface area contributed by atoms with Crippen molar-refractivity contribution in [3.8, 4) is 11.5 Å². The van der Waals surface area contributed by atoms with Crippen molar-refractivity contribution in [2.75, 3.05) is 47.1 Å². The van der Waals surface area contributed by atoms with Gasteiger partial charge in [-0.05, 0) is 75.1 Å². The van der Waals surface area contributed by atoms with Gasteiger partial charge in [0.2, 0.25) is 0 Å². The molecule has 2 amide bonds. The SMILES string of the molecule is COCCCOc1cc(C[C@@H](C[C@H]2CN(C(=O)OC(C)(C)C)C[C@H]2NC(=O)OCC[Si](C)(C)C)C(C)C)ccc1OC. The van der Waals surface area contributed by atoms with Gasteiger partial charge in [0.1, 0.15) is 5.60 Å². The predicted octanol–water partition coefficient (Wildman–Crippen LogP) is 6.62. The molecule has 1 heterocycles. The molecule has 1 saturated heterocycles. The zero-order valence-electron chi connectivity index (χ0n) is 27.7. The van der Waals surface area contributed by atoms with Crippen LogP contribution in [0.5, 0.6) is 11.5 Å². The van der Waals surface area contributed by atoms with E-state index in [0.29, 0.717) is 50.5 Å². The molecule has 1 N–H and O–H groups in total. The molecule has 2 rings (SSSR count). The van der Waals surface area contributed by atoms with Gasteiger partial charge in [-0.25, -0.2) is 9.59 Å². The zero-order valence-corrected chi connectivity index (χ0v) is 28.7. The number of benzene rings is 1. The third-order valence-electron chi connectivity index (χ3n) is 7.51. The molecule has 0 radical (unpaired) electrons. The van der Waals surface area contributed by atoms with E-state index in [9.17, 15) is 9.59 Å². The van der Waals surface area contributed by atoms with Crippen LogP contribution < -0.4 is 14.8 Å². The Labute approximate surface area is 254 Å². The lowest BCUT2D eigenvalue weighted by Gasteiger charge is -2.28. The fourth-order valence-corrected chi connectivity index (χ4v) is 5.74. The smallest absolute Gasteiger partial charge is 0.410 e. The van der Waals surface area contributed by atoms with Crippen LogP contribution in [0, 0.1) is 17.8 Å². The normalized spacial score (nSPS) is 18.1. The summed E-state index contributed by atoms with van der Waals surface area (Å²) in [7, 11) is 2.01. The summed E-state index contributed by atoms with van der Waals surface area (Å²) in [6, 6.07) is 6.80. The van der Waals surface area contributed by atoms with Gasteiger partial charge in [-0.3, -0.25) is 0 Å². The van der Waals surface area contributed by atoms with Gasteiger partial charge in [0, 0.05) is 41.3 Å². The first-order valence-corrected chi connectivity index (χ1v) is 19.0. The quantitative estimate of drug-likeness (QED) is 0.177. The highest BCUT2D eigenvalue weighted by Crippen LogP contribution is 2.34. The van der Waals surface area contributed by atoms with Crippen molar-refractivity contribution in [3.63, 3.8) is 0 Å². The number of carbonyl (C=O) groups excluding carboxylic acids is 2. The molecular formula is C32H56N2O7Si. The Morgan fingerprint density at radius 2 is 1.76 bits per heavy atom. The fraction of sp³-hybridized carbons (Fsp3) is 0.750. The number of hydrogen-bond donors (Lipinski definition) is 1. The molecular weight excluding hydrogens is 552 g/mol. The maximum absolute atomic E-state index is 13.0. The molecule has 0 aliphatic carbocycles. The number of methoxy groups -OCH3 is 2. The van der Waals surface area contributed by atoms with E-state index in [0.717, 1.165) is 36.6 Å². The van der Waals surface area contributed by atoms with E-state index in [4.69, 9.17) is 23.7 Å². The molecule has 0 unspecified atom stereocenters. The van der Waals surface area contributed by atoms with Crippen LogP contribution in [-0.4, -0.2) is 83.9 Å². The van der Waals surface area contributed by atoms with Crippen LogP contribution in [0.15, 0.2) is 18.2 Å². The number of ether oxygens (including phenoxy) is 5. The molecule has 1 aliphatic heterocycles. The summed E-state index contributed by atoms with van der Waals surface area (Å²) in [4.78, 5) is 27.5. The molecule has 1 aromatic carbocycles. The number of carbonyl (C=O) groups is 2. The average molecular weight is 609 g/mol. The lowest BCUT2D eigenvalue weighted by Crippen LogP contribution is -2.42. The molecule has 0 bridgehead atoms. The van der Waals surface area contributed by atoms with Crippen molar-refractivity contribution >= 4 is 20.3 Å². The lowest BCUT2D eigenvalue weighted by molar-refractivity contribution is 0.0283. The first-order valence-electron chi connectivity index (χ1n) is 15.3. The first-order chi connectivity index (χ1) is 19.6. The van der Waals surface area contributed by atoms with Crippen LogP contribution in [0.1, 0.15) is 53.0 Å². The summed E-state index contributed by atoms with van der Waals surface area (Å²) >= 11 is 0. The molecule has 0 spiro atoms. The summed E-state index contributed by atoms with van der Waals surface area (Å²) in [5.41, 5.74) is 0.569. The van der Waals surface area contributed by atoms with Gasteiger partial charge in [-0.2, -0.15) is 0 Å². The maximum Gasteiger partial charge on any atom is 0.410 e. The number of hydrogen-bond acceptors (Lipinski definition) is 7. The van der Waals surface area contributed by atoms with Crippen molar-refractivity contribution in [2.24, 2.45) is 17.8 Å². The van der Waals surface area contributed by atoms with E-state index in [2.05, 4.69) is 50.9 Å². The Bertz CT molecular complexity index is 990. The summed E-state index contributed by atoms with van der Waals surface area (Å²) in [6.07, 6.45) is 1.71. The van der Waals surface area contributed by atoms with E-state index in [1.54, 1.807) is 19.1 Å². The number of amides is 2. The molecule has 3 atom stereocenters. The van der Waals surface area contributed by atoms with Gasteiger partial charge in [0.05, 0.1) is 26.4 Å². The Morgan fingerprint density at radius 3 is 2.36 bits per heavy atom. The van der Waals surface area contributed by atoms with Crippen molar-refractivity contribution in [1.29, 1.82) is 0 Å². The molecule has 0 saturated carbocycles. The fourth-order valence-electron chi connectivity index (χ4n) is 5.02. The topological polar surface area (TPSA) is 95.6 Å². The van der Waals surface area contributed by atoms with Crippen LogP contribution in [0.3, 0.4) is 0 Å². The zero-order chi connectivity index (χ0) is 31.5. The van der Waals surface area contributed by atoms with Crippen LogP contribution in [0.4, 0.5) is 9.59 Å². The minimum Gasteiger partial charge on any atom is -0.493 e. The summed E-state index contributed by atoms with van der Waals surface area (Å²) in [5.74, 6) is 2.20. The molecule has 1 aliphatic rings. The number of nitrogens with one attached hydrogen (secondary N) is 1. The molecule has 0 aromatic heterocycles. The van der Waals surface area contributed by atoms with Crippen molar-refractivity contribution in [2.45, 2.75) is 91.2 Å². The second-order valence-corrected chi connectivity index (χ2v) is 19.6. The predicted molar refractivity (Wildman–Crippen MR) is 169 cm³/mol. The highest BCUT2D eigenvalue weighted by molar-refractivity contribution is 6.76. The van der Waals surface area contributed by atoms with E-state index in [1.807, 2.05) is 26.8 Å². The summed E-state index contributed by atoms with van der Waals surface area (Å²) in [5, 5.41) is 3.09. The van der Waals surface area contributed by atoms with Crippen molar-refractivity contribution in [3.05, 3.63) is 23.8 Å². The van der Waals surface area contributed by atoms with Crippen LogP contribution in [-0.2, 0) is 20.6 Å². The van der Waals surface area contributed by atoms with Gasteiger partial charge in [0.25, 0.3) is 0 Å². The molecule has 1 aromatic rings. The number of nitrogens with zero attached hydrogens (tertiary/aromatic N) is 1. The minimum absolute atomic E-state index is 0.0671. The standard InChI is InChI=1S/C32H56N2O7Si/c1-23(2)25(18-24-12-13-28(38-7)29(19-24)39-15-11-14-37-6)20-26-21-34(31(36)41-32(3,4)5)22-27(26)33-30(35)40-16-17-42(8,9)10/h12-13,19,23,25-27H,11,14-18,20-22H2,1-10H3,(H,33,35)/t25-,26-,27+/m0/s1. The third-order valence-corrected chi connectivity index (χ3v) is 9.21. The van der Waals surface area contributed by atoms with Gasteiger partial charge in [-0.1, -0.05) is 39.6 Å². The molecule has 10 heteroatoms. The first kappa shape index (κ1) is 35.7. The van der Waals surface area contributed by atoms with Gasteiger partial charge < -0.3 is 33.9 Å². The molecule has 240 valence electrons. The average Bonchev–Trinajstić information content (AvgIpc) is 3.26. The van der Waals surface area contributed by atoms with Crippen LogP contribution in [0.25, 0.3) is 0 Å². The van der Waals surface area contributed by atoms with Crippen molar-refractivity contribution < 1.29 is 33.3 Å². The maximum atomic E-state index is 13.0. The highest BCUT2D eigenvalue weighted by Gasteiger charge is 2.39. The monoisotopic (exact) mass is 608 g/mol. The number of likely N-dealkylation sites (tertiary alicyclic amines) is 1. The van der Waals surface area contributed by atoms with Crippen molar-refractivity contribution in [1.82, 2.24) is 10.2 Å². The Kier molecular flexibility index (Phi) is 14.0. The number of rotatable bonds is 15. The highest BCUT2D eigenvalue weighted by atomic mass is 28.3. The minimum atomic E-state index is -1.32. The Balaban J connectivity index is 2.17. The Morgan fingerprint density at radius 1 is 1.05 bits per heavy atom. The third kappa shape index (κ3) is 12.8. The number of alkyl carbamates (subject to hydrolysis) is 1. The summed E-state index contributed by atoms with van der Waals surface area (Å²) < 4.78 is 27.9.